The van der Waals surface area contributed by atoms with Crippen LogP contribution in [0.25, 0.3) is 0 Å². The van der Waals surface area contributed by atoms with Crippen LogP contribution in [-0.4, -0.2) is 34.3 Å². The van der Waals surface area contributed by atoms with Gasteiger partial charge in [-0.25, -0.2) is 4.39 Å². The van der Waals surface area contributed by atoms with Crippen LogP contribution in [0.3, 0.4) is 0 Å². The molecule has 27 heavy (non-hydrogen) atoms. The fraction of sp³-hybridized carbons (Fsp3) is 0.429. The summed E-state index contributed by atoms with van der Waals surface area (Å²) in [5, 5.41) is 21.6. The molecular formula is C21H23ClFNO3. The number of hydrogen-bond donors (Lipinski definition) is 2. The van der Waals surface area contributed by atoms with Crippen molar-refractivity contribution in [2.45, 2.75) is 49.9 Å². The maximum absolute atomic E-state index is 13.2. The minimum absolute atomic E-state index is 0.0264. The van der Waals surface area contributed by atoms with Crippen LogP contribution in [0.4, 0.5) is 4.39 Å². The standard InChI is InChI=1S/C21H23ClFNO3/c1-27-20-8-13(18(22)9-19(20)25)12-24-16-6-7-17(24)11-21(26,10-16)14-2-4-15(23)5-3-14/h2-5,8-9,16-17,25-26H,6-7,10-12H2,1H3/t16-,17+,21?. The summed E-state index contributed by atoms with van der Waals surface area (Å²) in [5.41, 5.74) is 0.757. The van der Waals surface area contributed by atoms with E-state index in [0.717, 1.165) is 24.0 Å². The average molecular weight is 392 g/mol. The zero-order valence-electron chi connectivity index (χ0n) is 15.2. The van der Waals surface area contributed by atoms with E-state index < -0.39 is 5.60 Å². The maximum atomic E-state index is 13.2. The molecule has 2 aliphatic rings. The lowest BCUT2D eigenvalue weighted by Gasteiger charge is -2.44. The van der Waals surface area contributed by atoms with Crippen molar-refractivity contribution >= 4 is 11.6 Å². The second kappa shape index (κ2) is 6.97. The Morgan fingerprint density at radius 3 is 2.41 bits per heavy atom. The highest BCUT2D eigenvalue weighted by Crippen LogP contribution is 2.47. The quantitative estimate of drug-likeness (QED) is 0.819. The van der Waals surface area contributed by atoms with Crippen molar-refractivity contribution in [3.63, 3.8) is 0 Å². The van der Waals surface area contributed by atoms with E-state index >= 15 is 0 Å². The summed E-state index contributed by atoms with van der Waals surface area (Å²) in [6.07, 6.45) is 3.26. The fourth-order valence-electron chi connectivity index (χ4n) is 4.64. The van der Waals surface area contributed by atoms with E-state index in [1.807, 2.05) is 0 Å². The first-order valence-corrected chi connectivity index (χ1v) is 9.57. The van der Waals surface area contributed by atoms with Crippen molar-refractivity contribution in [2.24, 2.45) is 0 Å². The second-order valence-corrected chi connectivity index (χ2v) is 8.03. The molecule has 6 heteroatoms. The van der Waals surface area contributed by atoms with Crippen molar-refractivity contribution in [1.29, 1.82) is 0 Å². The van der Waals surface area contributed by atoms with Gasteiger partial charge in [-0.2, -0.15) is 0 Å². The summed E-state index contributed by atoms with van der Waals surface area (Å²) in [7, 11) is 1.51. The number of methoxy groups -OCH3 is 1. The van der Waals surface area contributed by atoms with E-state index in [4.69, 9.17) is 16.3 Å². The van der Waals surface area contributed by atoms with E-state index in [1.165, 1.54) is 25.3 Å². The molecule has 3 atom stereocenters. The molecule has 2 aromatic rings. The molecule has 2 N–H and O–H groups in total. The van der Waals surface area contributed by atoms with Crippen LogP contribution >= 0.6 is 11.6 Å². The Morgan fingerprint density at radius 2 is 1.81 bits per heavy atom. The Hall–Kier alpha value is -1.82. The van der Waals surface area contributed by atoms with Crippen LogP contribution in [0.1, 0.15) is 36.8 Å². The zero-order chi connectivity index (χ0) is 19.2. The van der Waals surface area contributed by atoms with Crippen molar-refractivity contribution in [3.05, 3.63) is 58.4 Å². The summed E-state index contributed by atoms with van der Waals surface area (Å²) in [6, 6.07) is 9.94. The van der Waals surface area contributed by atoms with Gasteiger partial charge in [0.1, 0.15) is 5.82 Å². The number of phenols is 1. The molecule has 1 unspecified atom stereocenters. The highest BCUT2D eigenvalue weighted by molar-refractivity contribution is 6.31. The van der Waals surface area contributed by atoms with Crippen molar-refractivity contribution in [1.82, 2.24) is 4.90 Å². The number of halogens is 2. The topological polar surface area (TPSA) is 52.9 Å². The van der Waals surface area contributed by atoms with Crippen LogP contribution in [0, 0.1) is 5.82 Å². The molecule has 0 spiro atoms. The molecule has 0 amide bonds. The number of benzene rings is 2. The number of aromatic hydroxyl groups is 1. The Labute approximate surface area is 163 Å². The summed E-state index contributed by atoms with van der Waals surface area (Å²) >= 11 is 6.33. The largest absolute Gasteiger partial charge is 0.504 e. The first kappa shape index (κ1) is 18.5. The fourth-order valence-corrected chi connectivity index (χ4v) is 4.85. The first-order chi connectivity index (χ1) is 12.9. The van der Waals surface area contributed by atoms with E-state index in [-0.39, 0.29) is 23.7 Å². The Balaban J connectivity index is 1.56. The predicted molar refractivity (Wildman–Crippen MR) is 102 cm³/mol. The van der Waals surface area contributed by atoms with Gasteiger partial charge in [0.25, 0.3) is 0 Å². The van der Waals surface area contributed by atoms with Gasteiger partial charge in [0.2, 0.25) is 0 Å². The number of rotatable bonds is 4. The van der Waals surface area contributed by atoms with E-state index in [0.29, 0.717) is 30.2 Å². The lowest BCUT2D eigenvalue weighted by Crippen LogP contribution is -2.49. The molecule has 0 radical (unpaired) electrons. The van der Waals surface area contributed by atoms with Gasteiger partial charge in [-0.3, -0.25) is 4.90 Å². The normalized spacial score (nSPS) is 27.7. The molecule has 2 aliphatic heterocycles. The van der Waals surface area contributed by atoms with Gasteiger partial charge in [-0.15, -0.1) is 0 Å². The van der Waals surface area contributed by atoms with Crippen molar-refractivity contribution in [2.75, 3.05) is 7.11 Å². The third kappa shape index (κ3) is 3.40. The highest BCUT2D eigenvalue weighted by Gasteiger charge is 2.48. The maximum Gasteiger partial charge on any atom is 0.160 e. The molecule has 2 bridgehead atoms. The third-order valence-electron chi connectivity index (χ3n) is 6.00. The SMILES string of the molecule is COc1cc(CN2[C@@H]3CC[C@H]2CC(O)(c2ccc(F)cc2)C3)c(Cl)cc1O. The van der Waals surface area contributed by atoms with Gasteiger partial charge >= 0.3 is 0 Å². The lowest BCUT2D eigenvalue weighted by molar-refractivity contribution is -0.0595. The van der Waals surface area contributed by atoms with Crippen molar-refractivity contribution in [3.8, 4) is 11.5 Å². The Bertz CT molecular complexity index is 828. The number of aliphatic hydroxyl groups is 1. The molecule has 2 aromatic carbocycles. The van der Waals surface area contributed by atoms with Gasteiger partial charge < -0.3 is 14.9 Å². The van der Waals surface area contributed by atoms with Gasteiger partial charge in [0.05, 0.1) is 12.7 Å². The number of ether oxygens (including phenoxy) is 1. The Kier molecular flexibility index (Phi) is 4.78. The number of piperidine rings is 1. The average Bonchev–Trinajstić information content (AvgIpc) is 2.88. The van der Waals surface area contributed by atoms with Crippen LogP contribution in [-0.2, 0) is 12.1 Å². The van der Waals surface area contributed by atoms with E-state index in [2.05, 4.69) is 4.90 Å². The van der Waals surface area contributed by atoms with E-state index in [9.17, 15) is 14.6 Å². The van der Waals surface area contributed by atoms with Gasteiger partial charge in [0, 0.05) is 29.7 Å². The first-order valence-electron chi connectivity index (χ1n) is 9.19. The summed E-state index contributed by atoms with van der Waals surface area (Å²) < 4.78 is 18.4. The number of hydrogen-bond acceptors (Lipinski definition) is 4. The van der Waals surface area contributed by atoms with Crippen molar-refractivity contribution < 1.29 is 19.3 Å². The van der Waals surface area contributed by atoms with Gasteiger partial charge in [-0.05, 0) is 55.0 Å². The van der Waals surface area contributed by atoms with Crippen LogP contribution in [0.5, 0.6) is 11.5 Å². The summed E-state index contributed by atoms with van der Waals surface area (Å²) in [6.45, 7) is 0.643. The molecule has 2 fully saturated rings. The molecule has 2 heterocycles. The predicted octanol–water partition coefficient (Wildman–Crippen LogP) is 4.21. The zero-order valence-corrected chi connectivity index (χ0v) is 15.9. The molecule has 4 nitrogen and oxygen atoms in total. The Morgan fingerprint density at radius 1 is 1.19 bits per heavy atom. The summed E-state index contributed by atoms with van der Waals surface area (Å²) in [5.74, 6) is 0.138. The smallest absolute Gasteiger partial charge is 0.160 e. The number of fused-ring (bicyclic) bond motifs is 2. The van der Waals surface area contributed by atoms with Crippen LogP contribution < -0.4 is 4.74 Å². The monoisotopic (exact) mass is 391 g/mol. The molecule has 2 saturated heterocycles. The third-order valence-corrected chi connectivity index (χ3v) is 6.35. The molecule has 0 aromatic heterocycles. The molecule has 0 saturated carbocycles. The molecular weight excluding hydrogens is 369 g/mol. The minimum Gasteiger partial charge on any atom is -0.504 e. The second-order valence-electron chi connectivity index (χ2n) is 7.62. The van der Waals surface area contributed by atoms with Gasteiger partial charge in [0.15, 0.2) is 11.5 Å². The van der Waals surface area contributed by atoms with Crippen LogP contribution in [0.15, 0.2) is 36.4 Å². The molecule has 144 valence electrons. The summed E-state index contributed by atoms with van der Waals surface area (Å²) in [4.78, 5) is 2.38. The molecule has 0 aliphatic carbocycles. The van der Waals surface area contributed by atoms with Crippen LogP contribution in [0.2, 0.25) is 5.02 Å². The highest BCUT2D eigenvalue weighted by atomic mass is 35.5. The van der Waals surface area contributed by atoms with E-state index in [1.54, 1.807) is 18.2 Å². The lowest BCUT2D eigenvalue weighted by atomic mass is 9.80. The van der Waals surface area contributed by atoms with Gasteiger partial charge in [-0.1, -0.05) is 23.7 Å². The minimum atomic E-state index is -0.924. The molecule has 4 rings (SSSR count). The number of phenolic OH excluding ortho intramolecular Hbond substituents is 1. The number of nitrogens with zero attached hydrogens (tertiary/aromatic N) is 1.